The first kappa shape index (κ1) is 5.48. The second-order valence-electron chi connectivity index (χ2n) is 0.701. The molecule has 3 heteroatoms. The van der Waals surface area contributed by atoms with E-state index in [0.717, 1.165) is 4.02 Å². The third-order valence-corrected chi connectivity index (χ3v) is 0.627. The second kappa shape index (κ2) is 2.70. The van der Waals surface area contributed by atoms with E-state index in [0.29, 0.717) is 0 Å². The van der Waals surface area contributed by atoms with E-state index in [4.69, 9.17) is 5.84 Å². The molecule has 0 saturated heterocycles. The fraction of sp³-hybridized carbons (Fsp3) is 0.500. The average Bonchev–Trinajstić information content (AvgIpc) is 1.38. The Morgan fingerprint density at radius 3 is 2.20 bits per heavy atom. The SMILES string of the molecule is C[C](=[W])NN. The van der Waals surface area contributed by atoms with Crippen LogP contribution in [-0.2, 0) is 19.4 Å². The summed E-state index contributed by atoms with van der Waals surface area (Å²) < 4.78 is 1.12. The number of hydrazine groups is 1. The van der Waals surface area contributed by atoms with Crippen LogP contribution in [0.4, 0.5) is 0 Å². The Morgan fingerprint density at radius 2 is 2.20 bits per heavy atom. The van der Waals surface area contributed by atoms with Crippen molar-refractivity contribution in [2.75, 3.05) is 0 Å². The summed E-state index contributed by atoms with van der Waals surface area (Å²) in [4.78, 5) is 0. The maximum atomic E-state index is 4.91. The van der Waals surface area contributed by atoms with Crippen molar-refractivity contribution in [2.24, 2.45) is 5.84 Å². The molecule has 0 atom stereocenters. The van der Waals surface area contributed by atoms with Gasteiger partial charge in [-0.25, -0.2) is 0 Å². The van der Waals surface area contributed by atoms with E-state index in [-0.39, 0.29) is 0 Å². The number of hydrogen-bond acceptors (Lipinski definition) is 2. The third kappa shape index (κ3) is 4.48. The Morgan fingerprint density at radius 1 is 2.00 bits per heavy atom. The molecule has 0 spiro atoms. The molecular weight excluding hydrogens is 236 g/mol. The van der Waals surface area contributed by atoms with Crippen molar-refractivity contribution in [3.63, 3.8) is 0 Å². The molecule has 0 aliphatic carbocycles. The summed E-state index contributed by atoms with van der Waals surface area (Å²) in [5, 5.41) is 0. The first-order valence-electron chi connectivity index (χ1n) is 1.24. The van der Waals surface area contributed by atoms with Crippen molar-refractivity contribution < 1.29 is 19.4 Å². The van der Waals surface area contributed by atoms with Gasteiger partial charge in [0.2, 0.25) is 0 Å². The molecule has 0 aliphatic heterocycles. The van der Waals surface area contributed by atoms with Gasteiger partial charge in [-0.1, -0.05) is 0 Å². The normalized spacial score (nSPS) is 7.60. The van der Waals surface area contributed by atoms with Crippen LogP contribution in [0.25, 0.3) is 0 Å². The minimum absolute atomic E-state index is 1.12. The Bertz CT molecular complexity index is 42.9. The minimum atomic E-state index is 1.12. The van der Waals surface area contributed by atoms with Gasteiger partial charge in [-0.2, -0.15) is 0 Å². The van der Waals surface area contributed by atoms with Crippen molar-refractivity contribution in [2.45, 2.75) is 6.92 Å². The van der Waals surface area contributed by atoms with E-state index >= 15 is 0 Å². The van der Waals surface area contributed by atoms with Crippen molar-refractivity contribution in [3.05, 3.63) is 0 Å². The number of rotatable bonds is 1. The predicted molar refractivity (Wildman–Crippen MR) is 18.0 cm³/mol. The Balaban J connectivity index is 2.85. The van der Waals surface area contributed by atoms with Gasteiger partial charge in [0.25, 0.3) is 0 Å². The van der Waals surface area contributed by atoms with E-state index in [1.54, 1.807) is 0 Å². The summed E-state index contributed by atoms with van der Waals surface area (Å²) in [6, 6.07) is 0. The molecule has 0 aromatic heterocycles. The van der Waals surface area contributed by atoms with Crippen molar-refractivity contribution >= 4 is 4.02 Å². The van der Waals surface area contributed by atoms with Gasteiger partial charge >= 0.3 is 41.6 Å². The molecule has 5 heavy (non-hydrogen) atoms. The predicted octanol–water partition coefficient (Wildman–Crippen LogP) is -0.854. The molecule has 30 valence electrons. The topological polar surface area (TPSA) is 38.0 Å². The molecule has 0 unspecified atom stereocenters. The van der Waals surface area contributed by atoms with Gasteiger partial charge in [0.1, 0.15) is 0 Å². The van der Waals surface area contributed by atoms with E-state index in [9.17, 15) is 0 Å². The van der Waals surface area contributed by atoms with Gasteiger partial charge < -0.3 is 0 Å². The van der Waals surface area contributed by atoms with Crippen LogP contribution in [-0.4, -0.2) is 4.02 Å². The monoisotopic (exact) mass is 242 g/mol. The van der Waals surface area contributed by atoms with E-state index in [1.165, 1.54) is 19.4 Å². The van der Waals surface area contributed by atoms with Gasteiger partial charge in [-0.15, -0.1) is 0 Å². The Kier molecular flexibility index (Phi) is 2.96. The Labute approximate surface area is 42.1 Å². The van der Waals surface area contributed by atoms with Crippen LogP contribution in [0.5, 0.6) is 0 Å². The Hall–Kier alpha value is 0.478. The number of nitrogens with one attached hydrogen (secondary N) is 1. The molecule has 0 aromatic rings. The first-order chi connectivity index (χ1) is 2.27. The van der Waals surface area contributed by atoms with Crippen molar-refractivity contribution in [1.82, 2.24) is 5.43 Å². The quantitative estimate of drug-likeness (QED) is 0.464. The molecule has 3 N–H and O–H groups in total. The van der Waals surface area contributed by atoms with Gasteiger partial charge in [-0.3, -0.25) is 0 Å². The van der Waals surface area contributed by atoms with Crippen LogP contribution >= 0.6 is 0 Å². The molecule has 2 nitrogen and oxygen atoms in total. The van der Waals surface area contributed by atoms with Crippen LogP contribution in [0.15, 0.2) is 0 Å². The van der Waals surface area contributed by atoms with Gasteiger partial charge in [0.05, 0.1) is 0 Å². The first-order valence-corrected chi connectivity index (χ1v) is 2.71. The van der Waals surface area contributed by atoms with Crippen LogP contribution in [0, 0.1) is 0 Å². The van der Waals surface area contributed by atoms with Crippen molar-refractivity contribution in [3.8, 4) is 0 Å². The van der Waals surface area contributed by atoms with Crippen LogP contribution < -0.4 is 11.3 Å². The van der Waals surface area contributed by atoms with E-state index in [2.05, 4.69) is 5.43 Å². The molecule has 0 amide bonds. The molecule has 0 heterocycles. The molecule has 0 saturated carbocycles. The third-order valence-electron chi connectivity index (χ3n) is 0.203. The van der Waals surface area contributed by atoms with E-state index in [1.807, 2.05) is 6.92 Å². The summed E-state index contributed by atoms with van der Waals surface area (Å²) in [6.07, 6.45) is 0. The molecule has 0 bridgehead atoms. The summed E-state index contributed by atoms with van der Waals surface area (Å²) in [7, 11) is 0. The van der Waals surface area contributed by atoms with Crippen LogP contribution in [0.2, 0.25) is 0 Å². The van der Waals surface area contributed by atoms with Gasteiger partial charge in [0.15, 0.2) is 0 Å². The summed E-state index contributed by atoms with van der Waals surface area (Å²) in [5.41, 5.74) is 2.48. The summed E-state index contributed by atoms with van der Waals surface area (Å²) in [6.45, 7) is 1.94. The number of hydrogen-bond donors (Lipinski definition) is 2. The molecule has 0 aromatic carbocycles. The molecule has 0 radical (unpaired) electrons. The van der Waals surface area contributed by atoms with Crippen LogP contribution in [0.1, 0.15) is 6.92 Å². The van der Waals surface area contributed by atoms with Gasteiger partial charge in [0, 0.05) is 0 Å². The fourth-order valence-corrected chi connectivity index (χ4v) is 0. The van der Waals surface area contributed by atoms with Crippen molar-refractivity contribution in [1.29, 1.82) is 0 Å². The zero-order valence-electron chi connectivity index (χ0n) is 2.99. The molecule has 0 aliphatic rings. The zero-order valence-corrected chi connectivity index (χ0v) is 5.92. The summed E-state index contributed by atoms with van der Waals surface area (Å²) in [5.74, 6) is 4.91. The standard InChI is InChI=1S/C2H6N2.W/c1-2-4-3;/h4H,3H2,1H3;. The maximum absolute atomic E-state index is 4.91. The number of nitrogens with two attached hydrogens (primary N) is 1. The second-order valence-corrected chi connectivity index (χ2v) is 2.90. The summed E-state index contributed by atoms with van der Waals surface area (Å²) >= 11 is 1.39. The molecule has 0 rings (SSSR count). The molecule has 0 fully saturated rings. The fourth-order valence-electron chi connectivity index (χ4n) is 0. The average molecular weight is 242 g/mol. The van der Waals surface area contributed by atoms with Gasteiger partial charge in [-0.05, 0) is 0 Å². The zero-order chi connectivity index (χ0) is 4.28. The molecular formula is C2H6N2W. The van der Waals surface area contributed by atoms with E-state index < -0.39 is 0 Å². The van der Waals surface area contributed by atoms with Crippen LogP contribution in [0.3, 0.4) is 0 Å².